The molecule has 0 unspecified atom stereocenters. The fraction of sp³-hybridized carbons (Fsp3) is 0.185. The van der Waals surface area contributed by atoms with E-state index in [1.54, 1.807) is 12.1 Å². The minimum absolute atomic E-state index is 0.0930. The van der Waals surface area contributed by atoms with Crippen LogP contribution in [0.2, 0.25) is 0 Å². The van der Waals surface area contributed by atoms with E-state index in [1.165, 1.54) is 0 Å². The monoisotopic (exact) mass is 452 g/mol. The van der Waals surface area contributed by atoms with Gasteiger partial charge >= 0.3 is 5.97 Å². The Balaban J connectivity index is 1.47. The van der Waals surface area contributed by atoms with E-state index in [2.05, 4.69) is 15.6 Å². The first-order valence-electron chi connectivity index (χ1n) is 11.1. The molecule has 4 rings (SSSR count). The Morgan fingerprint density at radius 1 is 0.882 bits per heavy atom. The van der Waals surface area contributed by atoms with E-state index in [9.17, 15) is 14.7 Å². The van der Waals surface area contributed by atoms with Crippen molar-refractivity contribution >= 4 is 29.1 Å². The van der Waals surface area contributed by atoms with Gasteiger partial charge in [0.1, 0.15) is 0 Å². The first kappa shape index (κ1) is 22.7. The van der Waals surface area contributed by atoms with E-state index in [-0.39, 0.29) is 5.78 Å². The molecule has 3 aromatic carbocycles. The zero-order valence-electron chi connectivity index (χ0n) is 18.4. The van der Waals surface area contributed by atoms with E-state index < -0.39 is 17.8 Å². The maximum absolute atomic E-state index is 12.8. The van der Waals surface area contributed by atoms with Gasteiger partial charge in [0.05, 0.1) is 11.6 Å². The molecule has 34 heavy (non-hydrogen) atoms. The number of carboxylic acid groups (broad SMARTS) is 1. The predicted molar refractivity (Wildman–Crippen MR) is 131 cm³/mol. The van der Waals surface area contributed by atoms with Gasteiger partial charge in [0.15, 0.2) is 12.0 Å². The number of carboxylic acids is 1. The van der Waals surface area contributed by atoms with E-state index in [0.717, 1.165) is 23.2 Å². The molecule has 1 aliphatic carbocycles. The van der Waals surface area contributed by atoms with Crippen molar-refractivity contribution in [3.63, 3.8) is 0 Å². The smallest absolute Gasteiger partial charge is 0.307 e. The average Bonchev–Trinajstić information content (AvgIpc) is 3.36. The summed E-state index contributed by atoms with van der Waals surface area (Å²) in [7, 11) is 0. The van der Waals surface area contributed by atoms with Crippen LogP contribution in [0.3, 0.4) is 0 Å². The van der Waals surface area contributed by atoms with Gasteiger partial charge in [0.2, 0.25) is 5.96 Å². The number of nitriles is 1. The molecular weight excluding hydrogens is 428 g/mol. The highest BCUT2D eigenvalue weighted by Crippen LogP contribution is 2.35. The highest BCUT2D eigenvalue weighted by Gasteiger charge is 2.37. The van der Waals surface area contributed by atoms with E-state index in [1.807, 2.05) is 72.9 Å². The largest absolute Gasteiger partial charge is 0.481 e. The van der Waals surface area contributed by atoms with Crippen molar-refractivity contribution in [1.82, 2.24) is 5.32 Å². The van der Waals surface area contributed by atoms with Crippen LogP contribution >= 0.6 is 0 Å². The summed E-state index contributed by atoms with van der Waals surface area (Å²) < 4.78 is 0. The second-order valence-electron chi connectivity index (χ2n) is 8.16. The lowest BCUT2D eigenvalue weighted by atomic mass is 9.88. The number of carbonyl (C=O) groups excluding carboxylic acids is 1. The highest BCUT2D eigenvalue weighted by molar-refractivity contribution is 6.00. The van der Waals surface area contributed by atoms with Crippen LogP contribution < -0.4 is 10.6 Å². The molecule has 1 saturated carbocycles. The minimum Gasteiger partial charge on any atom is -0.481 e. The number of nitrogens with one attached hydrogen (secondary N) is 2. The number of aliphatic carboxylic acids is 1. The zero-order chi connectivity index (χ0) is 23.9. The number of ketones is 1. The Labute approximate surface area is 197 Å². The summed E-state index contributed by atoms with van der Waals surface area (Å²) in [4.78, 5) is 28.7. The maximum Gasteiger partial charge on any atom is 0.307 e. The number of hydrogen-bond acceptors (Lipinski definition) is 4. The Morgan fingerprint density at radius 3 is 2.12 bits per heavy atom. The third-order valence-corrected chi connectivity index (χ3v) is 5.99. The number of Topliss-reactive ketones (excluding diaryl/α,β-unsaturated/α-hetero) is 1. The summed E-state index contributed by atoms with van der Waals surface area (Å²) in [6, 6.07) is 24.2. The Morgan fingerprint density at radius 2 is 1.50 bits per heavy atom. The third-order valence-electron chi connectivity index (χ3n) is 5.99. The lowest BCUT2D eigenvalue weighted by Gasteiger charge is -2.14. The van der Waals surface area contributed by atoms with Crippen LogP contribution in [-0.2, 0) is 4.79 Å². The van der Waals surface area contributed by atoms with Gasteiger partial charge in [0, 0.05) is 17.2 Å². The van der Waals surface area contributed by atoms with Crippen LogP contribution in [0.1, 0.15) is 29.6 Å². The zero-order valence-corrected chi connectivity index (χ0v) is 18.4. The molecule has 0 bridgehead atoms. The normalized spacial score (nSPS) is 17.6. The number of carbonyl (C=O) groups is 2. The van der Waals surface area contributed by atoms with Crippen molar-refractivity contribution in [2.75, 3.05) is 5.32 Å². The lowest BCUT2D eigenvalue weighted by molar-refractivity contribution is -0.142. The van der Waals surface area contributed by atoms with E-state index in [0.29, 0.717) is 30.1 Å². The quantitative estimate of drug-likeness (QED) is 0.156. The van der Waals surface area contributed by atoms with Gasteiger partial charge in [-0.1, -0.05) is 61.0 Å². The van der Waals surface area contributed by atoms with Gasteiger partial charge in [0.25, 0.3) is 0 Å². The van der Waals surface area contributed by atoms with Crippen molar-refractivity contribution in [3.05, 3.63) is 84.4 Å². The van der Waals surface area contributed by atoms with Crippen LogP contribution in [0, 0.1) is 23.3 Å². The first-order valence-corrected chi connectivity index (χ1v) is 11.1. The Bertz CT molecular complexity index is 1230. The van der Waals surface area contributed by atoms with Gasteiger partial charge in [-0.2, -0.15) is 5.26 Å². The molecule has 3 aromatic rings. The molecule has 7 heteroatoms. The summed E-state index contributed by atoms with van der Waals surface area (Å²) in [6.07, 6.45) is 3.84. The van der Waals surface area contributed by atoms with Crippen LogP contribution in [0.25, 0.3) is 11.1 Å². The molecule has 0 spiro atoms. The Hall–Kier alpha value is -4.44. The van der Waals surface area contributed by atoms with Crippen molar-refractivity contribution in [3.8, 4) is 17.3 Å². The molecule has 1 fully saturated rings. The van der Waals surface area contributed by atoms with Crippen molar-refractivity contribution in [2.45, 2.75) is 19.3 Å². The fourth-order valence-corrected chi connectivity index (χ4v) is 4.27. The summed E-state index contributed by atoms with van der Waals surface area (Å²) in [5, 5.41) is 24.0. The predicted octanol–water partition coefficient (Wildman–Crippen LogP) is 5.21. The van der Waals surface area contributed by atoms with Crippen LogP contribution in [0.5, 0.6) is 0 Å². The van der Waals surface area contributed by atoms with Crippen molar-refractivity contribution < 1.29 is 14.7 Å². The number of aliphatic imine (C=N–C) groups is 1. The standard InChI is InChI=1S/C27H24N4O3/c28-17-29-27(30-21-5-2-1-3-6-21)31-22-15-13-19(14-16-22)18-9-11-20(12-10-18)25(32)23-7-4-8-24(23)26(33)34/h1-3,5-6,9-16,23-24H,4,7-8H2,(H,33,34)(H2,29,30,31)/t23-,24-/m1/s1. The average molecular weight is 453 g/mol. The second-order valence-corrected chi connectivity index (χ2v) is 8.16. The number of para-hydroxylation sites is 1. The molecule has 0 amide bonds. The van der Waals surface area contributed by atoms with Crippen LogP contribution in [0.4, 0.5) is 11.4 Å². The van der Waals surface area contributed by atoms with Gasteiger partial charge in [-0.3, -0.25) is 14.9 Å². The SMILES string of the molecule is N#CNC(=Nc1ccc(-c2ccc(C(=O)[C@@H]3CCC[C@H]3C(=O)O)cc2)cc1)Nc1ccccc1. The van der Waals surface area contributed by atoms with Gasteiger partial charge in [-0.25, -0.2) is 4.99 Å². The molecule has 1 aliphatic rings. The van der Waals surface area contributed by atoms with Crippen LogP contribution in [0.15, 0.2) is 83.9 Å². The Kier molecular flexibility index (Phi) is 6.99. The summed E-state index contributed by atoms with van der Waals surface area (Å²) >= 11 is 0. The highest BCUT2D eigenvalue weighted by atomic mass is 16.4. The molecular formula is C27H24N4O3. The lowest BCUT2D eigenvalue weighted by Crippen LogP contribution is -2.26. The number of anilines is 1. The number of benzene rings is 3. The second kappa shape index (κ2) is 10.5. The molecule has 7 nitrogen and oxygen atoms in total. The molecule has 0 saturated heterocycles. The number of nitrogens with zero attached hydrogens (tertiary/aromatic N) is 2. The first-order chi connectivity index (χ1) is 16.5. The van der Waals surface area contributed by atoms with Crippen LogP contribution in [-0.4, -0.2) is 22.8 Å². The maximum atomic E-state index is 12.8. The molecule has 2 atom stereocenters. The summed E-state index contributed by atoms with van der Waals surface area (Å²) in [6.45, 7) is 0. The van der Waals surface area contributed by atoms with Gasteiger partial charge < -0.3 is 10.4 Å². The molecule has 0 aliphatic heterocycles. The number of guanidine groups is 1. The fourth-order valence-electron chi connectivity index (χ4n) is 4.27. The summed E-state index contributed by atoms with van der Waals surface area (Å²) in [5.41, 5.74) is 3.90. The number of rotatable bonds is 6. The topological polar surface area (TPSA) is 115 Å². The van der Waals surface area contributed by atoms with E-state index in [4.69, 9.17) is 5.26 Å². The minimum atomic E-state index is -0.887. The molecule has 3 N–H and O–H groups in total. The number of hydrogen-bond donors (Lipinski definition) is 3. The molecule has 170 valence electrons. The molecule has 0 aromatic heterocycles. The third kappa shape index (κ3) is 5.30. The van der Waals surface area contributed by atoms with Crippen molar-refractivity contribution in [1.29, 1.82) is 5.26 Å². The van der Waals surface area contributed by atoms with Crippen molar-refractivity contribution in [2.24, 2.45) is 16.8 Å². The van der Waals surface area contributed by atoms with E-state index >= 15 is 0 Å². The van der Waals surface area contributed by atoms with Gasteiger partial charge in [-0.05, 0) is 48.2 Å². The van der Waals surface area contributed by atoms with Gasteiger partial charge in [-0.15, -0.1) is 0 Å². The molecule has 0 heterocycles. The summed E-state index contributed by atoms with van der Waals surface area (Å²) in [5.74, 6) is -1.69. The molecule has 0 radical (unpaired) electrons.